The van der Waals surface area contributed by atoms with Gasteiger partial charge in [0.05, 0.1) is 11.0 Å². The van der Waals surface area contributed by atoms with Crippen molar-refractivity contribution in [1.29, 1.82) is 0 Å². The maximum absolute atomic E-state index is 5.54. The van der Waals surface area contributed by atoms with Gasteiger partial charge in [0.15, 0.2) is 4.77 Å². The molecule has 1 aliphatic rings. The molecule has 1 aromatic carbocycles. The Labute approximate surface area is 127 Å². The van der Waals surface area contributed by atoms with Crippen molar-refractivity contribution in [3.63, 3.8) is 0 Å². The van der Waals surface area contributed by atoms with Crippen molar-refractivity contribution in [2.45, 2.75) is 45.1 Å². The number of imidazole rings is 1. The van der Waals surface area contributed by atoms with E-state index in [1.54, 1.807) is 0 Å². The fourth-order valence-corrected chi connectivity index (χ4v) is 4.03. The van der Waals surface area contributed by atoms with Gasteiger partial charge in [-0.2, -0.15) is 0 Å². The molecule has 0 saturated heterocycles. The van der Waals surface area contributed by atoms with E-state index in [9.17, 15) is 0 Å². The average Bonchev–Trinajstić information content (AvgIpc) is 2.74. The summed E-state index contributed by atoms with van der Waals surface area (Å²) < 4.78 is 4.33. The summed E-state index contributed by atoms with van der Waals surface area (Å²) in [5.41, 5.74) is 2.38. The minimum absolute atomic E-state index is 0.564. The lowest BCUT2D eigenvalue weighted by molar-refractivity contribution is 0.263. The first-order chi connectivity index (χ1) is 9.19. The largest absolute Gasteiger partial charge is 0.331 e. The third-order valence-corrected chi connectivity index (χ3v) is 5.17. The summed E-state index contributed by atoms with van der Waals surface area (Å²) in [5.74, 6) is 0.859. The number of halogens is 1. The van der Waals surface area contributed by atoms with Crippen LogP contribution in [-0.2, 0) is 0 Å². The Kier molecular flexibility index (Phi) is 3.81. The van der Waals surface area contributed by atoms with Crippen LogP contribution in [0.25, 0.3) is 11.0 Å². The molecular weight excluding hydrogens is 320 g/mol. The van der Waals surface area contributed by atoms with E-state index in [0.717, 1.165) is 20.7 Å². The highest BCUT2D eigenvalue weighted by Crippen LogP contribution is 2.36. The molecule has 2 nitrogen and oxygen atoms in total. The lowest BCUT2D eigenvalue weighted by atomic mass is 9.84. The number of rotatable bonds is 2. The van der Waals surface area contributed by atoms with Crippen LogP contribution in [0.3, 0.4) is 0 Å². The van der Waals surface area contributed by atoms with E-state index in [2.05, 4.69) is 50.6 Å². The second-order valence-corrected chi connectivity index (χ2v) is 6.86. The highest BCUT2D eigenvalue weighted by Gasteiger charge is 2.23. The van der Waals surface area contributed by atoms with Crippen LogP contribution in [-0.4, -0.2) is 9.55 Å². The maximum Gasteiger partial charge on any atom is 0.178 e. The normalized spacial score (nSPS) is 23.9. The molecule has 3 rings (SSSR count). The molecular formula is C15H19BrN2S. The first kappa shape index (κ1) is 13.4. The first-order valence-corrected chi connectivity index (χ1v) is 8.29. The molecule has 1 N–H and O–H groups in total. The van der Waals surface area contributed by atoms with E-state index in [1.807, 2.05) is 0 Å². The number of aromatic nitrogens is 2. The van der Waals surface area contributed by atoms with Gasteiger partial charge in [-0.05, 0) is 49.2 Å². The number of fused-ring (bicyclic) bond motifs is 1. The van der Waals surface area contributed by atoms with Crippen molar-refractivity contribution in [2.75, 3.05) is 0 Å². The quantitative estimate of drug-likeness (QED) is 0.706. The molecule has 2 aromatic rings. The van der Waals surface area contributed by atoms with Crippen LogP contribution in [0.4, 0.5) is 0 Å². The molecule has 4 heteroatoms. The summed E-state index contributed by atoms with van der Waals surface area (Å²) in [6.45, 7) is 2.30. The maximum atomic E-state index is 5.54. The summed E-state index contributed by atoms with van der Waals surface area (Å²) in [7, 11) is 0. The summed E-state index contributed by atoms with van der Waals surface area (Å²) in [5, 5.41) is 0. The van der Waals surface area contributed by atoms with Crippen LogP contribution in [0.15, 0.2) is 22.7 Å². The summed E-state index contributed by atoms with van der Waals surface area (Å²) in [6.07, 6.45) is 6.52. The highest BCUT2D eigenvalue weighted by molar-refractivity contribution is 9.10. The second kappa shape index (κ2) is 5.41. The smallest absolute Gasteiger partial charge is 0.178 e. The Morgan fingerprint density at radius 1 is 1.42 bits per heavy atom. The number of nitrogens with zero attached hydrogens (tertiary/aromatic N) is 1. The predicted molar refractivity (Wildman–Crippen MR) is 86.1 cm³/mol. The van der Waals surface area contributed by atoms with Crippen LogP contribution >= 0.6 is 28.1 Å². The minimum atomic E-state index is 0.564. The third-order valence-electron chi connectivity index (χ3n) is 4.38. The predicted octanol–water partition coefficient (Wildman–Crippen LogP) is 5.60. The van der Waals surface area contributed by atoms with E-state index in [4.69, 9.17) is 12.2 Å². The van der Waals surface area contributed by atoms with Gasteiger partial charge in [-0.1, -0.05) is 42.1 Å². The van der Waals surface area contributed by atoms with E-state index < -0.39 is 0 Å². The Morgan fingerprint density at radius 2 is 2.26 bits per heavy atom. The van der Waals surface area contributed by atoms with Gasteiger partial charge in [-0.25, -0.2) is 0 Å². The summed E-state index contributed by atoms with van der Waals surface area (Å²) >= 11 is 9.11. The lowest BCUT2D eigenvalue weighted by Gasteiger charge is -2.29. The topological polar surface area (TPSA) is 20.7 Å². The first-order valence-electron chi connectivity index (χ1n) is 7.08. The van der Waals surface area contributed by atoms with Crippen molar-refractivity contribution in [3.05, 3.63) is 27.4 Å². The van der Waals surface area contributed by atoms with E-state index in [-0.39, 0.29) is 0 Å². The number of aromatic amines is 1. The molecule has 2 unspecified atom stereocenters. The summed E-state index contributed by atoms with van der Waals surface area (Å²) in [6, 6.07) is 6.91. The standard InChI is InChI=1S/C15H19BrN2S/c1-2-10-4-3-5-12(8-10)18-14-9-11(16)6-7-13(14)17-15(18)19/h6-7,9-10,12H,2-5,8H2,1H3,(H,17,19). The van der Waals surface area contributed by atoms with Gasteiger partial charge in [0.2, 0.25) is 0 Å². The van der Waals surface area contributed by atoms with Gasteiger partial charge in [0.25, 0.3) is 0 Å². The molecule has 0 spiro atoms. The number of benzene rings is 1. The van der Waals surface area contributed by atoms with Crippen molar-refractivity contribution in [3.8, 4) is 0 Å². The fraction of sp³-hybridized carbons (Fsp3) is 0.533. The number of H-pyrrole nitrogens is 1. The van der Waals surface area contributed by atoms with Gasteiger partial charge in [0.1, 0.15) is 0 Å². The zero-order valence-electron chi connectivity index (χ0n) is 11.2. The molecule has 1 heterocycles. The molecule has 1 aromatic heterocycles. The van der Waals surface area contributed by atoms with E-state index in [1.165, 1.54) is 37.6 Å². The molecule has 0 bridgehead atoms. The van der Waals surface area contributed by atoms with Gasteiger partial charge < -0.3 is 9.55 Å². The van der Waals surface area contributed by atoms with E-state index in [0.29, 0.717) is 6.04 Å². The van der Waals surface area contributed by atoms with Crippen LogP contribution in [0, 0.1) is 10.7 Å². The third kappa shape index (κ3) is 2.52. The Hall–Kier alpha value is -0.610. The average molecular weight is 339 g/mol. The lowest BCUT2D eigenvalue weighted by Crippen LogP contribution is -2.19. The number of nitrogens with one attached hydrogen (secondary N) is 1. The molecule has 0 amide bonds. The van der Waals surface area contributed by atoms with Gasteiger partial charge in [0, 0.05) is 10.5 Å². The monoisotopic (exact) mass is 338 g/mol. The Morgan fingerprint density at radius 3 is 3.05 bits per heavy atom. The zero-order valence-corrected chi connectivity index (χ0v) is 13.6. The van der Waals surface area contributed by atoms with Gasteiger partial charge in [-0.15, -0.1) is 0 Å². The molecule has 102 valence electrons. The SMILES string of the molecule is CCC1CCCC(n2c(=S)[nH]c3ccc(Br)cc32)C1. The Bertz CT molecular complexity index is 643. The Balaban J connectivity index is 2.06. The van der Waals surface area contributed by atoms with Crippen LogP contribution in [0.2, 0.25) is 0 Å². The van der Waals surface area contributed by atoms with Crippen LogP contribution in [0.1, 0.15) is 45.1 Å². The van der Waals surface area contributed by atoms with Crippen molar-refractivity contribution in [1.82, 2.24) is 9.55 Å². The molecule has 1 aliphatic carbocycles. The van der Waals surface area contributed by atoms with Crippen molar-refractivity contribution < 1.29 is 0 Å². The van der Waals surface area contributed by atoms with Crippen LogP contribution in [0.5, 0.6) is 0 Å². The fourth-order valence-electron chi connectivity index (χ4n) is 3.33. The molecule has 0 aliphatic heterocycles. The minimum Gasteiger partial charge on any atom is -0.331 e. The zero-order chi connectivity index (χ0) is 13.4. The molecule has 19 heavy (non-hydrogen) atoms. The number of hydrogen-bond acceptors (Lipinski definition) is 1. The van der Waals surface area contributed by atoms with Gasteiger partial charge >= 0.3 is 0 Å². The van der Waals surface area contributed by atoms with Crippen molar-refractivity contribution in [2.24, 2.45) is 5.92 Å². The molecule has 2 atom stereocenters. The van der Waals surface area contributed by atoms with Crippen molar-refractivity contribution >= 4 is 39.2 Å². The highest BCUT2D eigenvalue weighted by atomic mass is 79.9. The molecule has 0 radical (unpaired) electrons. The van der Waals surface area contributed by atoms with E-state index >= 15 is 0 Å². The van der Waals surface area contributed by atoms with Gasteiger partial charge in [-0.3, -0.25) is 0 Å². The number of hydrogen-bond donors (Lipinski definition) is 1. The molecule has 1 saturated carbocycles. The summed E-state index contributed by atoms with van der Waals surface area (Å²) in [4.78, 5) is 3.34. The molecule has 1 fully saturated rings. The second-order valence-electron chi connectivity index (χ2n) is 5.56. The van der Waals surface area contributed by atoms with Crippen LogP contribution < -0.4 is 0 Å².